The summed E-state index contributed by atoms with van der Waals surface area (Å²) in [7, 11) is 0. The SMILES string of the molecule is O=C(Nc1cc(Cl)c(-c2ccc(OC(F)F)nc2)cc1F)N1[C@H]2CC[C@@H]1c1ccnc(F)c1C2. The molecule has 0 spiro atoms. The van der Waals surface area contributed by atoms with Crippen LogP contribution in [0.25, 0.3) is 11.1 Å². The fourth-order valence-electron chi connectivity index (χ4n) is 4.67. The van der Waals surface area contributed by atoms with E-state index >= 15 is 0 Å². The second-order valence-electron chi connectivity index (χ2n) is 8.03. The predicted octanol–water partition coefficient (Wildman–Crippen LogP) is 5.97. The van der Waals surface area contributed by atoms with Gasteiger partial charge >= 0.3 is 12.6 Å². The van der Waals surface area contributed by atoms with Crippen LogP contribution in [0.1, 0.15) is 30.0 Å². The highest BCUT2D eigenvalue weighted by Crippen LogP contribution is 2.44. The van der Waals surface area contributed by atoms with Crippen LogP contribution in [0.5, 0.6) is 5.88 Å². The first kappa shape index (κ1) is 22.4. The van der Waals surface area contributed by atoms with Crippen LogP contribution < -0.4 is 10.1 Å². The van der Waals surface area contributed by atoms with Gasteiger partial charge in [-0.1, -0.05) is 11.6 Å². The van der Waals surface area contributed by atoms with Gasteiger partial charge in [-0.15, -0.1) is 0 Å². The molecule has 34 heavy (non-hydrogen) atoms. The number of rotatable bonds is 4. The van der Waals surface area contributed by atoms with Gasteiger partial charge in [0.05, 0.1) is 16.8 Å². The Kier molecular flexibility index (Phi) is 5.76. The van der Waals surface area contributed by atoms with Crippen molar-refractivity contribution in [2.24, 2.45) is 0 Å². The van der Waals surface area contributed by atoms with Crippen molar-refractivity contribution in [3.63, 3.8) is 0 Å². The summed E-state index contributed by atoms with van der Waals surface area (Å²) in [4.78, 5) is 22.2. The van der Waals surface area contributed by atoms with E-state index < -0.39 is 24.4 Å². The Morgan fingerprint density at radius 3 is 2.74 bits per heavy atom. The second-order valence-corrected chi connectivity index (χ2v) is 8.44. The summed E-state index contributed by atoms with van der Waals surface area (Å²) in [6, 6.07) is 5.71. The Labute approximate surface area is 196 Å². The highest BCUT2D eigenvalue weighted by atomic mass is 35.5. The van der Waals surface area contributed by atoms with E-state index in [4.69, 9.17) is 11.6 Å². The van der Waals surface area contributed by atoms with Crippen LogP contribution in [-0.2, 0) is 6.42 Å². The molecule has 11 heteroatoms. The molecule has 1 N–H and O–H groups in total. The molecule has 4 heterocycles. The van der Waals surface area contributed by atoms with E-state index in [0.717, 1.165) is 11.6 Å². The number of ether oxygens (including phenoxy) is 1. The number of hydrogen-bond donors (Lipinski definition) is 1. The number of benzene rings is 1. The number of urea groups is 1. The molecule has 1 fully saturated rings. The third kappa shape index (κ3) is 4.02. The Hall–Kier alpha value is -3.40. The number of pyridine rings is 2. The molecule has 1 aromatic carbocycles. The molecule has 2 bridgehead atoms. The van der Waals surface area contributed by atoms with Gasteiger partial charge in [0.1, 0.15) is 5.82 Å². The van der Waals surface area contributed by atoms with E-state index in [0.29, 0.717) is 30.4 Å². The molecule has 5 rings (SSSR count). The summed E-state index contributed by atoms with van der Waals surface area (Å²) in [5, 5.41) is 2.70. The van der Waals surface area contributed by atoms with Crippen LogP contribution in [0.15, 0.2) is 42.7 Å². The number of aromatic nitrogens is 2. The van der Waals surface area contributed by atoms with Crippen LogP contribution in [0.4, 0.5) is 28.0 Å². The van der Waals surface area contributed by atoms with Gasteiger partial charge < -0.3 is 15.0 Å². The van der Waals surface area contributed by atoms with Crippen LogP contribution in [0.3, 0.4) is 0 Å². The van der Waals surface area contributed by atoms with Gasteiger partial charge in [-0.05, 0) is 49.1 Å². The number of carbonyl (C=O) groups excluding carboxylic acids is 1. The maximum absolute atomic E-state index is 14.9. The molecular formula is C23H17ClF4N4O2. The first-order valence-electron chi connectivity index (χ1n) is 10.4. The molecule has 176 valence electrons. The normalized spacial score (nSPS) is 18.7. The van der Waals surface area contributed by atoms with E-state index in [1.54, 1.807) is 11.0 Å². The molecule has 0 unspecified atom stereocenters. The number of amides is 2. The molecule has 2 aromatic heterocycles. The number of nitrogens with one attached hydrogen (secondary N) is 1. The number of carbonyl (C=O) groups is 1. The summed E-state index contributed by atoms with van der Waals surface area (Å²) < 4.78 is 57.8. The maximum atomic E-state index is 14.9. The summed E-state index contributed by atoms with van der Waals surface area (Å²) >= 11 is 6.32. The predicted molar refractivity (Wildman–Crippen MR) is 116 cm³/mol. The van der Waals surface area contributed by atoms with Crippen molar-refractivity contribution in [3.8, 4) is 17.0 Å². The standard InChI is InChI=1S/C23H17ClF4N4O2/c24-16-9-18(17(25)8-14(16)11-1-4-20(30-10-11)34-22(27)28)31-23(33)32-12-2-3-19(32)13-5-6-29-21(26)15(13)7-12/h1,4-6,8-10,12,19,22H,2-3,7H2,(H,31,33)/t12-,19+/m0/s1. The van der Waals surface area contributed by atoms with Crippen molar-refractivity contribution in [1.82, 2.24) is 14.9 Å². The summed E-state index contributed by atoms with van der Waals surface area (Å²) in [5.41, 5.74) is 1.77. The lowest BCUT2D eigenvalue weighted by Crippen LogP contribution is -2.44. The van der Waals surface area contributed by atoms with Gasteiger partial charge in [-0.25, -0.2) is 19.2 Å². The smallest absolute Gasteiger partial charge is 0.388 e. The van der Waals surface area contributed by atoms with Gasteiger partial charge in [0.2, 0.25) is 11.8 Å². The quantitative estimate of drug-likeness (QED) is 0.360. The zero-order chi connectivity index (χ0) is 24.0. The molecule has 2 aliphatic heterocycles. The summed E-state index contributed by atoms with van der Waals surface area (Å²) in [5.74, 6) is -1.54. The summed E-state index contributed by atoms with van der Waals surface area (Å²) in [6.45, 7) is -3.01. The van der Waals surface area contributed by atoms with Gasteiger partial charge in [0, 0.05) is 41.2 Å². The fourth-order valence-corrected chi connectivity index (χ4v) is 4.94. The minimum absolute atomic E-state index is 0.115. The molecular weight excluding hydrogens is 476 g/mol. The van der Waals surface area contributed by atoms with Gasteiger partial charge in [-0.3, -0.25) is 0 Å². The minimum atomic E-state index is -3.01. The number of halogens is 5. The van der Waals surface area contributed by atoms with Crippen molar-refractivity contribution >= 4 is 23.3 Å². The highest BCUT2D eigenvalue weighted by Gasteiger charge is 2.43. The lowest BCUT2D eigenvalue weighted by molar-refractivity contribution is -0.0528. The number of fused-ring (bicyclic) bond motifs is 4. The number of anilines is 1. The fraction of sp³-hybridized carbons (Fsp3) is 0.261. The molecule has 2 aliphatic rings. The van der Waals surface area contributed by atoms with E-state index in [1.165, 1.54) is 30.6 Å². The van der Waals surface area contributed by atoms with E-state index in [9.17, 15) is 22.4 Å². The second kappa shape index (κ2) is 8.75. The highest BCUT2D eigenvalue weighted by molar-refractivity contribution is 6.33. The number of alkyl halides is 2. The number of hydrogen-bond acceptors (Lipinski definition) is 4. The van der Waals surface area contributed by atoms with Crippen molar-refractivity contribution in [2.45, 2.75) is 38.0 Å². The topological polar surface area (TPSA) is 67.3 Å². The first-order valence-corrected chi connectivity index (χ1v) is 10.8. The molecule has 1 saturated heterocycles. The first-order chi connectivity index (χ1) is 16.3. The molecule has 2 atom stereocenters. The van der Waals surface area contributed by atoms with Crippen LogP contribution in [0, 0.1) is 11.8 Å². The monoisotopic (exact) mass is 492 g/mol. The zero-order valence-corrected chi connectivity index (χ0v) is 18.2. The Morgan fingerprint density at radius 2 is 2.00 bits per heavy atom. The summed E-state index contributed by atoms with van der Waals surface area (Å²) in [6.07, 6.45) is 4.33. The van der Waals surface area contributed by atoms with Gasteiger partial charge in [0.15, 0.2) is 0 Å². The van der Waals surface area contributed by atoms with Crippen molar-refractivity contribution in [1.29, 1.82) is 0 Å². The molecule has 2 amide bonds. The maximum Gasteiger partial charge on any atom is 0.388 e. The van der Waals surface area contributed by atoms with Crippen molar-refractivity contribution < 1.29 is 27.1 Å². The van der Waals surface area contributed by atoms with Crippen molar-refractivity contribution in [3.05, 3.63) is 70.6 Å². The van der Waals surface area contributed by atoms with Crippen molar-refractivity contribution in [2.75, 3.05) is 5.32 Å². The van der Waals surface area contributed by atoms with Crippen LogP contribution >= 0.6 is 11.6 Å². The average molecular weight is 493 g/mol. The van der Waals surface area contributed by atoms with E-state index in [-0.39, 0.29) is 34.2 Å². The van der Waals surface area contributed by atoms with Gasteiger partial charge in [0.25, 0.3) is 0 Å². The molecule has 3 aromatic rings. The third-order valence-electron chi connectivity index (χ3n) is 6.13. The lowest BCUT2D eigenvalue weighted by Gasteiger charge is -2.36. The van der Waals surface area contributed by atoms with E-state index in [2.05, 4.69) is 20.0 Å². The Bertz CT molecular complexity index is 1260. The molecule has 0 radical (unpaired) electrons. The average Bonchev–Trinajstić information content (AvgIpc) is 3.12. The van der Waals surface area contributed by atoms with Crippen LogP contribution in [0.2, 0.25) is 5.02 Å². The van der Waals surface area contributed by atoms with Gasteiger partial charge in [-0.2, -0.15) is 13.2 Å². The third-order valence-corrected chi connectivity index (χ3v) is 6.44. The minimum Gasteiger partial charge on any atom is -0.417 e. The van der Waals surface area contributed by atoms with Crippen LogP contribution in [-0.4, -0.2) is 33.6 Å². The Balaban J connectivity index is 1.36. The Morgan fingerprint density at radius 1 is 1.18 bits per heavy atom. The molecule has 0 aliphatic carbocycles. The zero-order valence-electron chi connectivity index (χ0n) is 17.4. The lowest BCUT2D eigenvalue weighted by atomic mass is 9.95. The number of nitrogens with zero attached hydrogens (tertiary/aromatic N) is 3. The largest absolute Gasteiger partial charge is 0.417 e. The van der Waals surface area contributed by atoms with E-state index in [1.807, 2.05) is 0 Å². The molecule has 0 saturated carbocycles. The molecule has 6 nitrogen and oxygen atoms in total.